The number of nitrogens with zero attached hydrogens (tertiary/aromatic N) is 2. The van der Waals surface area contributed by atoms with E-state index in [0.717, 1.165) is 26.2 Å². The van der Waals surface area contributed by atoms with E-state index >= 15 is 0 Å². The summed E-state index contributed by atoms with van der Waals surface area (Å²) >= 11 is 0. The smallest absolute Gasteiger partial charge is 0.0744 e. The van der Waals surface area contributed by atoms with Gasteiger partial charge in [0.1, 0.15) is 0 Å². The van der Waals surface area contributed by atoms with Crippen LogP contribution in [0, 0.1) is 23.7 Å². The summed E-state index contributed by atoms with van der Waals surface area (Å²) in [4.78, 5) is 5.11. The Morgan fingerprint density at radius 1 is 0.400 bits per heavy atom. The Morgan fingerprint density at radius 3 is 0.825 bits per heavy atom. The second-order valence-electron chi connectivity index (χ2n) is 11.4. The number of rotatable bonds is 12. The maximum atomic E-state index is 3.83. The summed E-state index contributed by atoms with van der Waals surface area (Å²) in [6, 6.07) is 43.5. The Kier molecular flexibility index (Phi) is 11.2. The quantitative estimate of drug-likeness (QED) is 0.170. The fourth-order valence-electron chi connectivity index (χ4n) is 5.31. The van der Waals surface area contributed by atoms with Crippen LogP contribution < -0.4 is 0 Å². The zero-order valence-corrected chi connectivity index (χ0v) is 24.6. The number of hydrogen-bond acceptors (Lipinski definition) is 2. The molecule has 0 fully saturated rings. The molecule has 2 atom stereocenters. The zero-order chi connectivity index (χ0) is 28.2. The molecule has 40 heavy (non-hydrogen) atoms. The Bertz CT molecular complexity index is 1120. The van der Waals surface area contributed by atoms with Crippen LogP contribution in [0.1, 0.15) is 49.9 Å². The molecule has 0 aliphatic rings. The highest BCUT2D eigenvalue weighted by molar-refractivity contribution is 5.23. The summed E-state index contributed by atoms with van der Waals surface area (Å²) < 4.78 is 0. The summed E-state index contributed by atoms with van der Waals surface area (Å²) in [5.41, 5.74) is 5.28. The lowest BCUT2D eigenvalue weighted by molar-refractivity contribution is 0.172. The van der Waals surface area contributed by atoms with Gasteiger partial charge in [-0.1, -0.05) is 161 Å². The summed E-state index contributed by atoms with van der Waals surface area (Å²) in [6.07, 6.45) is 0. The van der Waals surface area contributed by atoms with Gasteiger partial charge < -0.3 is 0 Å². The van der Waals surface area contributed by atoms with E-state index in [4.69, 9.17) is 0 Å². The maximum Gasteiger partial charge on any atom is 0.0744 e. The SMILES string of the molecule is CC(C)C(C#CC(C(C)C)N(Cc1ccccc1)Cc1ccccc1)N(Cc1ccccc1)Cc1ccccc1. The predicted molar refractivity (Wildman–Crippen MR) is 169 cm³/mol. The standard InChI is InChI=1S/C38H44N2/c1-31(2)37(39(27-33-17-9-5-10-18-33)28-34-19-11-6-12-20-34)25-26-38(32(3)4)40(29-35-21-13-7-14-22-35)30-36-23-15-8-16-24-36/h5-24,31-32,37-38H,27-30H2,1-4H3. The molecular formula is C38H44N2. The summed E-state index contributed by atoms with van der Waals surface area (Å²) in [5, 5.41) is 0. The molecule has 4 rings (SSSR count). The molecule has 0 amide bonds. The molecule has 206 valence electrons. The molecule has 0 heterocycles. The first kappa shape index (κ1) is 29.3. The third kappa shape index (κ3) is 8.95. The number of hydrogen-bond donors (Lipinski definition) is 0. The lowest BCUT2D eigenvalue weighted by atomic mass is 9.97. The molecule has 0 saturated carbocycles. The van der Waals surface area contributed by atoms with Gasteiger partial charge in [-0.15, -0.1) is 0 Å². The summed E-state index contributed by atoms with van der Waals surface area (Å²) in [6.45, 7) is 12.7. The highest BCUT2D eigenvalue weighted by atomic mass is 15.2. The molecule has 4 aromatic rings. The van der Waals surface area contributed by atoms with Crippen molar-refractivity contribution in [1.82, 2.24) is 9.80 Å². The van der Waals surface area contributed by atoms with Gasteiger partial charge in [0.05, 0.1) is 12.1 Å². The van der Waals surface area contributed by atoms with E-state index in [0.29, 0.717) is 11.8 Å². The molecule has 0 spiro atoms. The molecule has 0 saturated heterocycles. The number of benzene rings is 4. The minimum absolute atomic E-state index is 0.136. The van der Waals surface area contributed by atoms with Gasteiger partial charge in [-0.2, -0.15) is 0 Å². The average molecular weight is 529 g/mol. The Morgan fingerprint density at radius 2 is 0.625 bits per heavy atom. The second kappa shape index (κ2) is 15.2. The summed E-state index contributed by atoms with van der Waals surface area (Å²) in [7, 11) is 0. The van der Waals surface area contributed by atoms with Gasteiger partial charge in [0.15, 0.2) is 0 Å². The first-order valence-electron chi connectivity index (χ1n) is 14.6. The molecule has 0 aromatic heterocycles. The molecule has 0 radical (unpaired) electrons. The van der Waals surface area contributed by atoms with Crippen molar-refractivity contribution in [2.45, 2.75) is 66.0 Å². The minimum Gasteiger partial charge on any atom is -0.281 e. The van der Waals surface area contributed by atoms with Gasteiger partial charge in [-0.05, 0) is 34.1 Å². The van der Waals surface area contributed by atoms with E-state index in [2.05, 4.69) is 171 Å². The van der Waals surface area contributed by atoms with E-state index in [1.807, 2.05) is 0 Å². The van der Waals surface area contributed by atoms with Crippen molar-refractivity contribution in [3.8, 4) is 11.8 Å². The van der Waals surface area contributed by atoms with Crippen LogP contribution in [0.4, 0.5) is 0 Å². The van der Waals surface area contributed by atoms with Crippen LogP contribution >= 0.6 is 0 Å². The van der Waals surface area contributed by atoms with E-state index in [9.17, 15) is 0 Å². The van der Waals surface area contributed by atoms with Crippen LogP contribution in [0.15, 0.2) is 121 Å². The molecule has 4 aromatic carbocycles. The molecule has 2 heteroatoms. The fraction of sp³-hybridized carbons (Fsp3) is 0.316. The second-order valence-corrected chi connectivity index (χ2v) is 11.4. The van der Waals surface area contributed by atoms with Crippen LogP contribution in [-0.2, 0) is 26.2 Å². The first-order chi connectivity index (χ1) is 19.5. The fourth-order valence-corrected chi connectivity index (χ4v) is 5.31. The van der Waals surface area contributed by atoms with Crippen LogP contribution in [0.2, 0.25) is 0 Å². The van der Waals surface area contributed by atoms with Crippen molar-refractivity contribution in [1.29, 1.82) is 0 Å². The minimum atomic E-state index is 0.136. The van der Waals surface area contributed by atoms with Crippen molar-refractivity contribution in [3.63, 3.8) is 0 Å². The Balaban J connectivity index is 1.66. The molecule has 0 aliphatic heterocycles. The third-order valence-electron chi connectivity index (χ3n) is 7.34. The van der Waals surface area contributed by atoms with Gasteiger partial charge in [0.25, 0.3) is 0 Å². The maximum absolute atomic E-state index is 3.83. The highest BCUT2D eigenvalue weighted by Gasteiger charge is 2.24. The van der Waals surface area contributed by atoms with Crippen molar-refractivity contribution >= 4 is 0 Å². The topological polar surface area (TPSA) is 6.48 Å². The van der Waals surface area contributed by atoms with Crippen LogP contribution in [0.25, 0.3) is 0 Å². The van der Waals surface area contributed by atoms with E-state index < -0.39 is 0 Å². The Hall–Kier alpha value is -3.64. The normalized spacial score (nSPS) is 12.9. The molecule has 2 unspecified atom stereocenters. The zero-order valence-electron chi connectivity index (χ0n) is 24.6. The molecule has 2 nitrogen and oxygen atoms in total. The van der Waals surface area contributed by atoms with Crippen LogP contribution in [0.3, 0.4) is 0 Å². The molecule has 0 bridgehead atoms. The van der Waals surface area contributed by atoms with Crippen molar-refractivity contribution in [2.75, 3.05) is 0 Å². The van der Waals surface area contributed by atoms with Gasteiger partial charge in [-0.3, -0.25) is 9.80 Å². The van der Waals surface area contributed by atoms with Gasteiger partial charge in [0.2, 0.25) is 0 Å². The van der Waals surface area contributed by atoms with E-state index in [1.165, 1.54) is 22.3 Å². The van der Waals surface area contributed by atoms with Crippen molar-refractivity contribution < 1.29 is 0 Å². The molecule has 0 aliphatic carbocycles. The lowest BCUT2D eigenvalue weighted by Crippen LogP contribution is -2.39. The van der Waals surface area contributed by atoms with Crippen molar-refractivity contribution in [2.24, 2.45) is 11.8 Å². The molecular weight excluding hydrogens is 484 g/mol. The van der Waals surface area contributed by atoms with Gasteiger partial charge >= 0.3 is 0 Å². The third-order valence-corrected chi connectivity index (χ3v) is 7.34. The highest BCUT2D eigenvalue weighted by Crippen LogP contribution is 2.21. The van der Waals surface area contributed by atoms with Crippen LogP contribution in [0.5, 0.6) is 0 Å². The van der Waals surface area contributed by atoms with Gasteiger partial charge in [0, 0.05) is 26.2 Å². The lowest BCUT2D eigenvalue weighted by Gasteiger charge is -2.33. The monoisotopic (exact) mass is 528 g/mol. The van der Waals surface area contributed by atoms with Crippen molar-refractivity contribution in [3.05, 3.63) is 144 Å². The Labute approximate surface area is 242 Å². The summed E-state index contributed by atoms with van der Waals surface area (Å²) in [5.74, 6) is 8.44. The first-order valence-corrected chi connectivity index (χ1v) is 14.6. The van der Waals surface area contributed by atoms with E-state index in [1.54, 1.807) is 0 Å². The van der Waals surface area contributed by atoms with Crippen LogP contribution in [-0.4, -0.2) is 21.9 Å². The predicted octanol–water partition coefficient (Wildman–Crippen LogP) is 8.44. The van der Waals surface area contributed by atoms with E-state index in [-0.39, 0.29) is 12.1 Å². The average Bonchev–Trinajstić information content (AvgIpc) is 2.97. The largest absolute Gasteiger partial charge is 0.281 e. The molecule has 0 N–H and O–H groups in total. The van der Waals surface area contributed by atoms with Gasteiger partial charge in [-0.25, -0.2) is 0 Å².